The summed E-state index contributed by atoms with van der Waals surface area (Å²) >= 11 is 0. The topological polar surface area (TPSA) is 51.5 Å². The lowest BCUT2D eigenvalue weighted by Crippen LogP contribution is -2.11. The highest BCUT2D eigenvalue weighted by atomic mass is 16.5. The standard InChI is InChI=1S/C14H15NO3/c1-18-14(17)7-11-4-3-10-6-9-2-5-12(16)8-13(9)15(10)11/h2,5-6,8,11,16H,3-4,7H2,1H3. The number of esters is 1. The van der Waals surface area contributed by atoms with Gasteiger partial charge in [-0.2, -0.15) is 0 Å². The fourth-order valence-electron chi connectivity index (χ4n) is 2.80. The number of nitrogens with zero attached hydrogens (tertiary/aromatic N) is 1. The number of carbonyl (C=O) groups is 1. The molecule has 94 valence electrons. The Morgan fingerprint density at radius 1 is 1.50 bits per heavy atom. The molecule has 1 aliphatic heterocycles. The molecule has 4 nitrogen and oxygen atoms in total. The minimum absolute atomic E-state index is 0.145. The van der Waals surface area contributed by atoms with Gasteiger partial charge in [0, 0.05) is 23.2 Å². The molecule has 2 aromatic rings. The van der Waals surface area contributed by atoms with E-state index in [-0.39, 0.29) is 17.8 Å². The Labute approximate surface area is 105 Å². The van der Waals surface area contributed by atoms with E-state index in [0.717, 1.165) is 23.7 Å². The largest absolute Gasteiger partial charge is 0.508 e. The molecular formula is C14H15NO3. The van der Waals surface area contributed by atoms with Gasteiger partial charge in [-0.1, -0.05) is 0 Å². The average molecular weight is 245 g/mol. The molecule has 0 saturated carbocycles. The van der Waals surface area contributed by atoms with Crippen molar-refractivity contribution in [1.29, 1.82) is 0 Å². The summed E-state index contributed by atoms with van der Waals surface area (Å²) in [7, 11) is 1.41. The van der Waals surface area contributed by atoms with Crippen LogP contribution in [0.1, 0.15) is 24.6 Å². The zero-order chi connectivity index (χ0) is 12.7. The molecule has 0 amide bonds. The summed E-state index contributed by atoms with van der Waals surface area (Å²) in [5, 5.41) is 10.7. The van der Waals surface area contributed by atoms with E-state index in [1.54, 1.807) is 12.1 Å². The molecule has 18 heavy (non-hydrogen) atoms. The van der Waals surface area contributed by atoms with Gasteiger partial charge in [-0.25, -0.2) is 0 Å². The summed E-state index contributed by atoms with van der Waals surface area (Å²) in [5.74, 6) is 0.0713. The maximum absolute atomic E-state index is 11.4. The van der Waals surface area contributed by atoms with E-state index in [4.69, 9.17) is 4.74 Å². The van der Waals surface area contributed by atoms with Crippen molar-refractivity contribution in [3.05, 3.63) is 30.0 Å². The van der Waals surface area contributed by atoms with Gasteiger partial charge in [-0.3, -0.25) is 4.79 Å². The summed E-state index contributed by atoms with van der Waals surface area (Å²) in [6, 6.07) is 7.63. The highest BCUT2D eigenvalue weighted by Crippen LogP contribution is 2.36. The zero-order valence-electron chi connectivity index (χ0n) is 10.2. The SMILES string of the molecule is COC(=O)CC1CCc2cc3ccc(O)cc3n21. The Bertz CT molecular complexity index is 615. The van der Waals surface area contributed by atoms with Gasteiger partial charge in [0.25, 0.3) is 0 Å². The molecule has 0 spiro atoms. The number of carbonyl (C=O) groups excluding carboxylic acids is 1. The molecule has 1 unspecified atom stereocenters. The predicted molar refractivity (Wildman–Crippen MR) is 67.6 cm³/mol. The number of phenols is 1. The molecule has 1 N–H and O–H groups in total. The molecule has 1 aromatic heterocycles. The molecule has 2 heterocycles. The number of benzene rings is 1. The van der Waals surface area contributed by atoms with Crippen LogP contribution in [0.15, 0.2) is 24.3 Å². The smallest absolute Gasteiger partial charge is 0.307 e. The molecule has 1 aliphatic rings. The lowest BCUT2D eigenvalue weighted by atomic mass is 10.1. The normalized spacial score (nSPS) is 17.9. The summed E-state index contributed by atoms with van der Waals surface area (Å²) in [6.45, 7) is 0. The van der Waals surface area contributed by atoms with Gasteiger partial charge in [0.1, 0.15) is 5.75 Å². The van der Waals surface area contributed by atoms with Crippen molar-refractivity contribution in [3.63, 3.8) is 0 Å². The number of ether oxygens (including phenoxy) is 1. The van der Waals surface area contributed by atoms with E-state index in [2.05, 4.69) is 10.6 Å². The molecular weight excluding hydrogens is 230 g/mol. The van der Waals surface area contributed by atoms with Crippen LogP contribution in [0.4, 0.5) is 0 Å². The van der Waals surface area contributed by atoms with E-state index < -0.39 is 0 Å². The molecule has 0 bridgehead atoms. The van der Waals surface area contributed by atoms with E-state index in [1.165, 1.54) is 12.8 Å². The minimum Gasteiger partial charge on any atom is -0.508 e. The van der Waals surface area contributed by atoms with Crippen molar-refractivity contribution in [1.82, 2.24) is 4.57 Å². The highest BCUT2D eigenvalue weighted by molar-refractivity contribution is 5.83. The number of aromatic hydroxyl groups is 1. The molecule has 0 radical (unpaired) electrons. The quantitative estimate of drug-likeness (QED) is 0.826. The van der Waals surface area contributed by atoms with Crippen LogP contribution in [0.2, 0.25) is 0 Å². The first-order chi connectivity index (χ1) is 8.69. The lowest BCUT2D eigenvalue weighted by molar-refractivity contribution is -0.141. The maximum Gasteiger partial charge on any atom is 0.307 e. The summed E-state index contributed by atoms with van der Waals surface area (Å²) in [4.78, 5) is 11.4. The lowest BCUT2D eigenvalue weighted by Gasteiger charge is -2.13. The highest BCUT2D eigenvalue weighted by Gasteiger charge is 2.26. The second-order valence-corrected chi connectivity index (χ2v) is 4.72. The first kappa shape index (κ1) is 11.1. The summed E-state index contributed by atoms with van der Waals surface area (Å²) in [6.07, 6.45) is 2.32. The van der Waals surface area contributed by atoms with Gasteiger partial charge in [0.05, 0.1) is 19.0 Å². The molecule has 3 rings (SSSR count). The molecule has 1 aromatic carbocycles. The second kappa shape index (κ2) is 4.05. The van der Waals surface area contributed by atoms with Crippen LogP contribution in [-0.4, -0.2) is 22.8 Å². The maximum atomic E-state index is 11.4. The van der Waals surface area contributed by atoms with Crippen molar-refractivity contribution in [2.45, 2.75) is 25.3 Å². The van der Waals surface area contributed by atoms with Crippen LogP contribution in [0.3, 0.4) is 0 Å². The minimum atomic E-state index is -0.185. The van der Waals surface area contributed by atoms with Crippen molar-refractivity contribution >= 4 is 16.9 Å². The Balaban J connectivity index is 2.05. The first-order valence-corrected chi connectivity index (χ1v) is 6.08. The number of rotatable bonds is 2. The number of phenolic OH excluding ortho intramolecular Hbond substituents is 1. The number of aromatic nitrogens is 1. The third kappa shape index (κ3) is 1.65. The number of hydrogen-bond acceptors (Lipinski definition) is 3. The fraction of sp³-hybridized carbons (Fsp3) is 0.357. The fourth-order valence-corrected chi connectivity index (χ4v) is 2.80. The molecule has 4 heteroatoms. The van der Waals surface area contributed by atoms with Crippen molar-refractivity contribution < 1.29 is 14.6 Å². The van der Waals surface area contributed by atoms with E-state index in [1.807, 2.05) is 6.07 Å². The van der Waals surface area contributed by atoms with Crippen LogP contribution in [0.25, 0.3) is 10.9 Å². The number of fused-ring (bicyclic) bond motifs is 3. The van der Waals surface area contributed by atoms with Gasteiger partial charge in [-0.05, 0) is 31.0 Å². The Kier molecular flexibility index (Phi) is 2.51. The van der Waals surface area contributed by atoms with E-state index >= 15 is 0 Å². The predicted octanol–water partition coefficient (Wildman–Crippen LogP) is 2.40. The Morgan fingerprint density at radius 2 is 2.33 bits per heavy atom. The monoisotopic (exact) mass is 245 g/mol. The van der Waals surface area contributed by atoms with Gasteiger partial charge in [-0.15, -0.1) is 0 Å². The van der Waals surface area contributed by atoms with Crippen molar-refractivity contribution in [2.24, 2.45) is 0 Å². The van der Waals surface area contributed by atoms with Gasteiger partial charge in [0.2, 0.25) is 0 Å². The van der Waals surface area contributed by atoms with Crippen molar-refractivity contribution in [3.8, 4) is 5.75 Å². The van der Waals surface area contributed by atoms with Crippen LogP contribution in [-0.2, 0) is 16.0 Å². The molecule has 0 saturated heterocycles. The van der Waals surface area contributed by atoms with Gasteiger partial charge < -0.3 is 14.4 Å². The van der Waals surface area contributed by atoms with E-state index in [9.17, 15) is 9.90 Å². The molecule has 0 fully saturated rings. The Morgan fingerprint density at radius 3 is 3.11 bits per heavy atom. The summed E-state index contributed by atoms with van der Waals surface area (Å²) < 4.78 is 6.90. The summed E-state index contributed by atoms with van der Waals surface area (Å²) in [5.41, 5.74) is 2.22. The van der Waals surface area contributed by atoms with Crippen molar-refractivity contribution in [2.75, 3.05) is 7.11 Å². The van der Waals surface area contributed by atoms with Crippen LogP contribution in [0, 0.1) is 0 Å². The number of aryl methyl sites for hydroxylation is 1. The number of methoxy groups -OCH3 is 1. The second-order valence-electron chi connectivity index (χ2n) is 4.72. The van der Waals surface area contributed by atoms with E-state index in [0.29, 0.717) is 6.42 Å². The third-order valence-electron chi connectivity index (χ3n) is 3.63. The average Bonchev–Trinajstić information content (AvgIpc) is 2.89. The first-order valence-electron chi connectivity index (χ1n) is 6.08. The van der Waals surface area contributed by atoms with Crippen LogP contribution < -0.4 is 0 Å². The third-order valence-corrected chi connectivity index (χ3v) is 3.63. The Hall–Kier alpha value is -1.97. The van der Waals surface area contributed by atoms with Gasteiger partial charge >= 0.3 is 5.97 Å². The molecule has 1 atom stereocenters. The molecule has 0 aliphatic carbocycles. The van der Waals surface area contributed by atoms with Crippen LogP contribution >= 0.6 is 0 Å². The number of hydrogen-bond donors (Lipinski definition) is 1. The van der Waals surface area contributed by atoms with Gasteiger partial charge in [0.15, 0.2) is 0 Å². The zero-order valence-corrected chi connectivity index (χ0v) is 10.2. The van der Waals surface area contributed by atoms with Crippen LogP contribution in [0.5, 0.6) is 5.75 Å².